The minimum absolute atomic E-state index is 0.0698. The van der Waals surface area contributed by atoms with Crippen LogP contribution in [0.2, 0.25) is 0 Å². The molecule has 0 unspecified atom stereocenters. The second-order valence-corrected chi connectivity index (χ2v) is 8.93. The Balaban J connectivity index is 1.67. The molecule has 1 saturated heterocycles. The van der Waals surface area contributed by atoms with Crippen LogP contribution >= 0.6 is 0 Å². The predicted octanol–water partition coefficient (Wildman–Crippen LogP) is 4.67. The molecule has 1 atom stereocenters. The van der Waals surface area contributed by atoms with Crippen LogP contribution in [0.3, 0.4) is 0 Å². The number of fused-ring (bicyclic) bond motifs is 1. The molecule has 176 valence electrons. The number of aromatic nitrogens is 4. The highest BCUT2D eigenvalue weighted by Gasteiger charge is 2.22. The van der Waals surface area contributed by atoms with E-state index in [4.69, 9.17) is 20.6 Å². The number of pyridine rings is 2. The Hall–Kier alpha value is -3.13. The summed E-state index contributed by atoms with van der Waals surface area (Å²) in [7, 11) is 0. The van der Waals surface area contributed by atoms with Gasteiger partial charge >= 0.3 is 0 Å². The largest absolute Gasteiger partial charge is 0.390 e. The van der Waals surface area contributed by atoms with Gasteiger partial charge in [0.1, 0.15) is 0 Å². The summed E-state index contributed by atoms with van der Waals surface area (Å²) in [5.41, 5.74) is 12.1. The van der Waals surface area contributed by atoms with Gasteiger partial charge in [0.05, 0.1) is 35.4 Å². The molecule has 0 amide bonds. The fraction of sp³-hybridized carbons (Fsp3) is 0.370. The third-order valence-corrected chi connectivity index (χ3v) is 6.60. The van der Waals surface area contributed by atoms with Crippen LogP contribution in [0.5, 0.6) is 0 Å². The van der Waals surface area contributed by atoms with E-state index in [1.54, 1.807) is 0 Å². The first-order valence-corrected chi connectivity index (χ1v) is 12.1. The second kappa shape index (κ2) is 10.0. The molecular weight excluding hydrogens is 426 g/mol. The molecule has 4 heterocycles. The van der Waals surface area contributed by atoms with Gasteiger partial charge in [0.2, 0.25) is 0 Å². The highest BCUT2D eigenvalue weighted by atomic mass is 16.5. The van der Waals surface area contributed by atoms with Crippen molar-refractivity contribution in [3.63, 3.8) is 0 Å². The number of ether oxygens (including phenoxy) is 1. The lowest BCUT2D eigenvalue weighted by Crippen LogP contribution is -2.14. The summed E-state index contributed by atoms with van der Waals surface area (Å²) in [5, 5.41) is 15.4. The van der Waals surface area contributed by atoms with E-state index in [9.17, 15) is 5.11 Å². The third kappa shape index (κ3) is 4.46. The van der Waals surface area contributed by atoms with Crippen molar-refractivity contribution in [2.24, 2.45) is 5.73 Å². The fourth-order valence-electron chi connectivity index (χ4n) is 4.78. The zero-order valence-corrected chi connectivity index (χ0v) is 19.5. The zero-order chi connectivity index (χ0) is 23.5. The molecule has 7 nitrogen and oxygen atoms in total. The molecule has 0 radical (unpaired) electrons. The minimum atomic E-state index is -0.111. The lowest BCUT2D eigenvalue weighted by molar-refractivity contribution is 0.0856. The van der Waals surface area contributed by atoms with Crippen molar-refractivity contribution in [2.75, 3.05) is 13.2 Å². The first kappa shape index (κ1) is 22.7. The van der Waals surface area contributed by atoms with Crippen LogP contribution in [-0.2, 0) is 11.3 Å². The van der Waals surface area contributed by atoms with E-state index in [2.05, 4.69) is 24.0 Å². The molecule has 0 spiro atoms. The van der Waals surface area contributed by atoms with Gasteiger partial charge in [0.25, 0.3) is 0 Å². The molecule has 7 heteroatoms. The van der Waals surface area contributed by atoms with Crippen molar-refractivity contribution in [1.29, 1.82) is 0 Å². The Labute approximate surface area is 199 Å². The molecule has 0 bridgehead atoms. The van der Waals surface area contributed by atoms with Crippen molar-refractivity contribution in [1.82, 2.24) is 19.7 Å². The van der Waals surface area contributed by atoms with Crippen molar-refractivity contribution in [3.8, 4) is 17.1 Å². The van der Waals surface area contributed by atoms with Crippen LogP contribution in [0, 0.1) is 0 Å². The van der Waals surface area contributed by atoms with Gasteiger partial charge in [-0.1, -0.05) is 25.5 Å². The normalized spacial score (nSPS) is 15.6. The first-order chi connectivity index (χ1) is 16.7. The Morgan fingerprint density at radius 3 is 2.74 bits per heavy atom. The minimum Gasteiger partial charge on any atom is -0.390 e. The summed E-state index contributed by atoms with van der Waals surface area (Å²) in [5.74, 6) is 1.08. The lowest BCUT2D eigenvalue weighted by Gasteiger charge is -2.24. The average Bonchev–Trinajstić information content (AvgIpc) is 3.33. The maximum absolute atomic E-state index is 9.57. The molecule has 1 aromatic carbocycles. The predicted molar refractivity (Wildman–Crippen MR) is 133 cm³/mol. The van der Waals surface area contributed by atoms with Crippen molar-refractivity contribution >= 4 is 10.9 Å². The van der Waals surface area contributed by atoms with Crippen LogP contribution in [0.25, 0.3) is 28.0 Å². The summed E-state index contributed by atoms with van der Waals surface area (Å²) < 4.78 is 7.49. The summed E-state index contributed by atoms with van der Waals surface area (Å²) >= 11 is 0. The molecule has 3 aromatic heterocycles. The number of hydrogen-bond acceptors (Lipinski definition) is 6. The van der Waals surface area contributed by atoms with E-state index >= 15 is 0 Å². The molecule has 3 N–H and O–H groups in total. The smallest absolute Gasteiger partial charge is 0.154 e. The van der Waals surface area contributed by atoms with Gasteiger partial charge in [-0.3, -0.25) is 4.98 Å². The summed E-state index contributed by atoms with van der Waals surface area (Å²) in [6.45, 7) is 3.56. The molecule has 4 aromatic rings. The Morgan fingerprint density at radius 1 is 1.12 bits per heavy atom. The maximum Gasteiger partial charge on any atom is 0.154 e. The monoisotopic (exact) mass is 457 g/mol. The molecule has 5 rings (SSSR count). The van der Waals surface area contributed by atoms with E-state index in [0.29, 0.717) is 17.4 Å². The molecule has 0 saturated carbocycles. The molecule has 1 aliphatic heterocycles. The highest BCUT2D eigenvalue weighted by Crippen LogP contribution is 2.36. The van der Waals surface area contributed by atoms with E-state index in [0.717, 1.165) is 66.8 Å². The Morgan fingerprint density at radius 2 is 1.94 bits per heavy atom. The van der Waals surface area contributed by atoms with Gasteiger partial charge < -0.3 is 15.6 Å². The van der Waals surface area contributed by atoms with Crippen LogP contribution in [0.15, 0.2) is 54.7 Å². The number of nitrogens with two attached hydrogens (primary N) is 1. The van der Waals surface area contributed by atoms with Crippen LogP contribution in [0.1, 0.15) is 61.5 Å². The lowest BCUT2D eigenvalue weighted by atomic mass is 9.88. The van der Waals surface area contributed by atoms with Gasteiger partial charge in [-0.15, -0.1) is 0 Å². The number of aliphatic hydroxyl groups excluding tert-OH is 1. The standard InChI is InChI=1S/C27H31N5O2/c1-2-5-23(28)25-8-4-7-24(31-25)19-14-21(18-10-12-34-13-11-18)22-16-29-32(26(22)15-19)27-9-3-6-20(17-33)30-27/h3-4,6-9,14-16,18,23,33H,2,5,10-13,17,28H2,1H3/t23-/m0/s1. The highest BCUT2D eigenvalue weighted by molar-refractivity contribution is 5.88. The molecule has 1 fully saturated rings. The first-order valence-electron chi connectivity index (χ1n) is 12.1. The van der Waals surface area contributed by atoms with Crippen molar-refractivity contribution in [2.45, 2.75) is 51.2 Å². The van der Waals surface area contributed by atoms with Crippen LogP contribution in [0.4, 0.5) is 0 Å². The topological polar surface area (TPSA) is 99.1 Å². The van der Waals surface area contributed by atoms with Crippen molar-refractivity contribution in [3.05, 3.63) is 71.7 Å². The number of hydrogen-bond donors (Lipinski definition) is 2. The van der Waals surface area contributed by atoms with E-state index in [1.165, 1.54) is 5.56 Å². The van der Waals surface area contributed by atoms with E-state index < -0.39 is 0 Å². The van der Waals surface area contributed by atoms with Crippen molar-refractivity contribution < 1.29 is 9.84 Å². The Bertz CT molecular complexity index is 1280. The van der Waals surface area contributed by atoms with Gasteiger partial charge in [0, 0.05) is 30.2 Å². The summed E-state index contributed by atoms with van der Waals surface area (Å²) in [4.78, 5) is 9.53. The zero-order valence-electron chi connectivity index (χ0n) is 19.5. The van der Waals surface area contributed by atoms with E-state index in [1.807, 2.05) is 47.3 Å². The van der Waals surface area contributed by atoms with Gasteiger partial charge in [0.15, 0.2) is 5.82 Å². The quantitative estimate of drug-likeness (QED) is 0.418. The summed E-state index contributed by atoms with van der Waals surface area (Å²) in [6.07, 6.45) is 5.82. The fourth-order valence-corrected chi connectivity index (χ4v) is 4.78. The van der Waals surface area contributed by atoms with E-state index in [-0.39, 0.29) is 12.6 Å². The number of aliphatic hydroxyl groups is 1. The van der Waals surface area contributed by atoms with Gasteiger partial charge in [-0.2, -0.15) is 5.10 Å². The number of rotatable bonds is 7. The molecule has 34 heavy (non-hydrogen) atoms. The van der Waals surface area contributed by atoms with Crippen LogP contribution < -0.4 is 5.73 Å². The third-order valence-electron chi connectivity index (χ3n) is 6.60. The average molecular weight is 458 g/mol. The second-order valence-electron chi connectivity index (χ2n) is 8.93. The van der Waals surface area contributed by atoms with Gasteiger partial charge in [-0.25, -0.2) is 9.67 Å². The Kier molecular flexibility index (Phi) is 6.67. The van der Waals surface area contributed by atoms with Crippen LogP contribution in [-0.4, -0.2) is 38.1 Å². The molecular formula is C27H31N5O2. The van der Waals surface area contributed by atoms with Gasteiger partial charge in [-0.05, 0) is 67.1 Å². The number of benzene rings is 1. The SMILES string of the molecule is CCC[C@H](N)c1cccc(-c2cc(C3CCOCC3)c3cnn(-c4cccc(CO)n4)c3c2)n1. The summed E-state index contributed by atoms with van der Waals surface area (Å²) in [6, 6.07) is 16.0. The molecule has 0 aliphatic carbocycles. The molecule has 1 aliphatic rings. The number of nitrogens with zero attached hydrogens (tertiary/aromatic N) is 4. The maximum atomic E-state index is 9.57.